The molecule has 160 valence electrons. The Hall–Kier alpha value is -3.04. The van der Waals surface area contributed by atoms with Gasteiger partial charge in [0.1, 0.15) is 5.69 Å². The molecule has 0 saturated heterocycles. The zero-order chi connectivity index (χ0) is 22.2. The van der Waals surface area contributed by atoms with Crippen LogP contribution in [0.1, 0.15) is 27.2 Å². The fraction of sp³-hybridized carbons (Fsp3) is 0.115. The number of hydrogen-bond acceptors (Lipinski definition) is 6. The molecule has 0 aliphatic heterocycles. The molecule has 0 fully saturated rings. The minimum atomic E-state index is -1.35. The predicted octanol–water partition coefficient (Wildman–Crippen LogP) is 0.981. The molecule has 4 aromatic rings. The summed E-state index contributed by atoms with van der Waals surface area (Å²) in [7, 11) is 0. The number of nitrogens with zero attached hydrogens (tertiary/aromatic N) is 2. The van der Waals surface area contributed by atoms with Crippen LogP contribution in [-0.4, -0.2) is 28.2 Å². The Balaban J connectivity index is 0.00000306. The van der Waals surface area contributed by atoms with E-state index in [0.717, 1.165) is 0 Å². The molecule has 1 heterocycles. The number of carboxylic acids is 1. The van der Waals surface area contributed by atoms with Crippen molar-refractivity contribution < 1.29 is 28.8 Å². The number of aromatic nitrogens is 2. The molecule has 5 nitrogen and oxygen atoms in total. The van der Waals surface area contributed by atoms with Crippen molar-refractivity contribution in [2.45, 2.75) is 4.75 Å². The maximum Gasteiger partial charge on any atom is 1.00 e. The van der Waals surface area contributed by atoms with Crippen molar-refractivity contribution in [3.05, 3.63) is 126 Å². The van der Waals surface area contributed by atoms with Gasteiger partial charge in [0, 0.05) is 24.7 Å². The summed E-state index contributed by atoms with van der Waals surface area (Å²) < 4.78 is -0.426. The second kappa shape index (κ2) is 11.7. The largest absolute Gasteiger partial charge is 1.00 e. The summed E-state index contributed by atoms with van der Waals surface area (Å²) in [5, 5.41) is 14.4. The molecule has 7 heteroatoms. The molecule has 0 bridgehead atoms. The molecule has 1 N–H and O–H groups in total. The number of anilines is 1. The van der Waals surface area contributed by atoms with Crippen LogP contribution >= 0.6 is 11.8 Å². The monoisotopic (exact) mass is 447 g/mol. The van der Waals surface area contributed by atoms with Gasteiger partial charge < -0.3 is 15.2 Å². The van der Waals surface area contributed by atoms with E-state index in [0.29, 0.717) is 12.3 Å². The molecule has 0 aliphatic carbocycles. The average molecular weight is 447 g/mol. The zero-order valence-electron chi connectivity index (χ0n) is 18.3. The molecule has 4 rings (SSSR count). The number of thioether (sulfide) groups is 1. The van der Waals surface area contributed by atoms with Gasteiger partial charge in [0.05, 0.1) is 10.7 Å². The molecule has 0 unspecified atom stereocenters. The average Bonchev–Trinajstić information content (AvgIpc) is 2.86. The summed E-state index contributed by atoms with van der Waals surface area (Å²) in [6.07, 6.45) is 2.81. The van der Waals surface area contributed by atoms with Gasteiger partial charge in [0.2, 0.25) is 0 Å². The molecule has 0 amide bonds. The van der Waals surface area contributed by atoms with Crippen molar-refractivity contribution in [2.24, 2.45) is 0 Å². The van der Waals surface area contributed by atoms with E-state index < -0.39 is 10.7 Å². The first kappa shape index (κ1) is 24.6. The Morgan fingerprint density at radius 1 is 0.788 bits per heavy atom. The molecule has 33 heavy (non-hydrogen) atoms. The first-order valence-electron chi connectivity index (χ1n) is 10.3. The smallest absolute Gasteiger partial charge is 0.543 e. The van der Waals surface area contributed by atoms with E-state index in [1.54, 1.807) is 11.8 Å². The van der Waals surface area contributed by atoms with Gasteiger partial charge in [-0.2, -0.15) is 0 Å². The molecular formula is C26H22LiN3O2S. The van der Waals surface area contributed by atoms with Crippen molar-refractivity contribution >= 4 is 23.5 Å². The van der Waals surface area contributed by atoms with Crippen LogP contribution in [0, 0.1) is 0 Å². The van der Waals surface area contributed by atoms with Gasteiger partial charge in [-0.05, 0) is 16.7 Å². The summed E-state index contributed by atoms with van der Waals surface area (Å²) in [4.78, 5) is 19.3. The van der Waals surface area contributed by atoms with Gasteiger partial charge in [-0.15, -0.1) is 11.8 Å². The Morgan fingerprint density at radius 2 is 1.24 bits per heavy atom. The van der Waals surface area contributed by atoms with E-state index in [2.05, 4.69) is 88.1 Å². The van der Waals surface area contributed by atoms with Gasteiger partial charge in [0.25, 0.3) is 0 Å². The fourth-order valence-corrected chi connectivity index (χ4v) is 5.18. The van der Waals surface area contributed by atoms with Gasteiger partial charge in [-0.25, -0.2) is 9.97 Å². The summed E-state index contributed by atoms with van der Waals surface area (Å²) in [5.74, 6) is -0.430. The first-order chi connectivity index (χ1) is 15.7. The number of benzene rings is 3. The Morgan fingerprint density at radius 3 is 1.70 bits per heavy atom. The van der Waals surface area contributed by atoms with Gasteiger partial charge >= 0.3 is 18.9 Å². The second-order valence-corrected chi connectivity index (χ2v) is 8.40. The number of aromatic carboxylic acids is 1. The van der Waals surface area contributed by atoms with E-state index in [1.807, 2.05) is 18.2 Å². The van der Waals surface area contributed by atoms with Gasteiger partial charge in [-0.3, -0.25) is 0 Å². The van der Waals surface area contributed by atoms with E-state index >= 15 is 0 Å². The molecule has 0 saturated carbocycles. The topological polar surface area (TPSA) is 77.9 Å². The SMILES string of the molecule is O=C([O-])c1nccnc1NCCSC(c1ccccc1)(c1ccccc1)c1ccccc1.[Li+]. The second-order valence-electron chi connectivity index (χ2n) is 7.10. The molecule has 0 atom stereocenters. The molecular weight excluding hydrogens is 425 g/mol. The zero-order valence-corrected chi connectivity index (χ0v) is 19.2. The maximum atomic E-state index is 11.3. The van der Waals surface area contributed by atoms with Crippen LogP contribution in [0.3, 0.4) is 0 Å². The van der Waals surface area contributed by atoms with Crippen LogP contribution in [0.2, 0.25) is 0 Å². The quantitative estimate of drug-likeness (QED) is 0.234. The number of carbonyl (C=O) groups excluding carboxylic acids is 1. The number of nitrogens with one attached hydrogen (secondary N) is 1. The fourth-order valence-electron chi connectivity index (χ4n) is 3.76. The summed E-state index contributed by atoms with van der Waals surface area (Å²) in [6.45, 7) is 0.512. The summed E-state index contributed by atoms with van der Waals surface area (Å²) in [5.41, 5.74) is 3.35. The van der Waals surface area contributed by atoms with Crippen molar-refractivity contribution in [1.29, 1.82) is 0 Å². The van der Waals surface area contributed by atoms with Crippen molar-refractivity contribution in [2.75, 3.05) is 17.6 Å². The van der Waals surface area contributed by atoms with Crippen molar-refractivity contribution in [3.8, 4) is 0 Å². The Labute approximate surface area is 209 Å². The minimum absolute atomic E-state index is 0. The Bertz CT molecular complexity index is 1070. The van der Waals surface area contributed by atoms with Crippen LogP contribution in [-0.2, 0) is 4.75 Å². The number of rotatable bonds is 9. The van der Waals surface area contributed by atoms with Crippen LogP contribution in [0.5, 0.6) is 0 Å². The third kappa shape index (κ3) is 5.48. The van der Waals surface area contributed by atoms with Crippen LogP contribution < -0.4 is 29.3 Å². The third-order valence-electron chi connectivity index (χ3n) is 5.15. The van der Waals surface area contributed by atoms with Crippen molar-refractivity contribution in [1.82, 2.24) is 9.97 Å². The summed E-state index contributed by atoms with van der Waals surface area (Å²) in [6, 6.07) is 31.3. The number of carboxylic acid groups (broad SMARTS) is 1. The number of carbonyl (C=O) groups is 1. The van der Waals surface area contributed by atoms with Crippen LogP contribution in [0.15, 0.2) is 103 Å². The minimum Gasteiger partial charge on any atom is -0.543 e. The molecule has 0 radical (unpaired) electrons. The third-order valence-corrected chi connectivity index (χ3v) is 6.69. The predicted molar refractivity (Wildman–Crippen MR) is 127 cm³/mol. The first-order valence-corrected chi connectivity index (χ1v) is 11.3. The van der Waals surface area contributed by atoms with Crippen LogP contribution in [0.4, 0.5) is 5.82 Å². The number of hydrogen-bond donors (Lipinski definition) is 1. The van der Waals surface area contributed by atoms with E-state index in [9.17, 15) is 9.90 Å². The van der Waals surface area contributed by atoms with Gasteiger partial charge in [0.15, 0.2) is 5.82 Å². The van der Waals surface area contributed by atoms with E-state index in [1.165, 1.54) is 29.1 Å². The van der Waals surface area contributed by atoms with Gasteiger partial charge in [-0.1, -0.05) is 91.0 Å². The maximum absolute atomic E-state index is 11.3. The molecule has 0 aliphatic rings. The molecule has 0 spiro atoms. The molecule has 3 aromatic carbocycles. The summed E-state index contributed by atoms with van der Waals surface area (Å²) >= 11 is 1.79. The van der Waals surface area contributed by atoms with E-state index in [-0.39, 0.29) is 30.4 Å². The van der Waals surface area contributed by atoms with Crippen molar-refractivity contribution in [3.63, 3.8) is 0 Å². The van der Waals surface area contributed by atoms with Crippen LogP contribution in [0.25, 0.3) is 0 Å². The normalized spacial score (nSPS) is 10.8. The standard InChI is InChI=1S/C26H23N3O2S.Li/c30-25(31)23-24(28-17-16-27-23)29-18-19-32-26(20-10-4-1-5-11-20,21-12-6-2-7-13-21)22-14-8-3-9-15-22;/h1-17H,18-19H2,(H,28,29)(H,30,31);/q;+1/p-1. The van der Waals surface area contributed by atoms with E-state index in [4.69, 9.17) is 0 Å². The molecule has 1 aromatic heterocycles. The Kier molecular flexibility index (Phi) is 8.73.